The molecule has 20 heavy (non-hydrogen) atoms. The van der Waals surface area contributed by atoms with E-state index in [1.54, 1.807) is 12.1 Å². The van der Waals surface area contributed by atoms with E-state index in [0.29, 0.717) is 17.9 Å². The molecular formula is C17H21NO2. The van der Waals surface area contributed by atoms with Crippen molar-refractivity contribution in [3.63, 3.8) is 0 Å². The number of benzene rings is 1. The normalized spacial score (nSPS) is 15.7. The van der Waals surface area contributed by atoms with Crippen LogP contribution in [0.2, 0.25) is 0 Å². The maximum atomic E-state index is 12.2. The van der Waals surface area contributed by atoms with Gasteiger partial charge in [-0.3, -0.25) is 4.79 Å². The summed E-state index contributed by atoms with van der Waals surface area (Å²) in [6, 6.07) is 7.55. The Kier molecular flexibility index (Phi) is 5.20. The molecule has 1 atom stereocenters. The second-order valence-electron chi connectivity index (χ2n) is 5.31. The Morgan fingerprint density at radius 3 is 2.95 bits per heavy atom. The number of nitrogens with one attached hydrogen (secondary N) is 1. The minimum Gasteiger partial charge on any atom is -0.395 e. The first-order chi connectivity index (χ1) is 9.70. The fourth-order valence-corrected chi connectivity index (χ4v) is 2.31. The van der Waals surface area contributed by atoms with E-state index in [9.17, 15) is 4.79 Å². The third kappa shape index (κ3) is 3.85. The van der Waals surface area contributed by atoms with E-state index >= 15 is 0 Å². The second-order valence-corrected chi connectivity index (χ2v) is 5.31. The lowest BCUT2D eigenvalue weighted by Gasteiger charge is -2.31. The van der Waals surface area contributed by atoms with Gasteiger partial charge in [0.2, 0.25) is 0 Å². The van der Waals surface area contributed by atoms with Crippen LogP contribution in [0, 0.1) is 17.8 Å². The summed E-state index contributed by atoms with van der Waals surface area (Å²) < 4.78 is 0. The van der Waals surface area contributed by atoms with E-state index in [4.69, 9.17) is 5.11 Å². The van der Waals surface area contributed by atoms with Crippen molar-refractivity contribution in [1.82, 2.24) is 5.32 Å². The third-order valence-electron chi connectivity index (χ3n) is 3.81. The lowest BCUT2D eigenvalue weighted by molar-refractivity contribution is 0.0909. The first-order valence-corrected chi connectivity index (χ1v) is 7.21. The molecule has 1 fully saturated rings. The van der Waals surface area contributed by atoms with E-state index in [0.717, 1.165) is 5.56 Å². The van der Waals surface area contributed by atoms with Gasteiger partial charge in [-0.2, -0.15) is 0 Å². The highest BCUT2D eigenvalue weighted by Crippen LogP contribution is 2.29. The van der Waals surface area contributed by atoms with E-state index in [2.05, 4.69) is 24.1 Å². The van der Waals surface area contributed by atoms with Crippen molar-refractivity contribution in [3.05, 3.63) is 35.4 Å². The number of carbonyl (C=O) groups excluding carboxylic acids is 1. The van der Waals surface area contributed by atoms with Crippen LogP contribution in [0.15, 0.2) is 24.3 Å². The summed E-state index contributed by atoms with van der Waals surface area (Å²) in [6.45, 7) is 2.14. The number of aliphatic hydroxyl groups excluding tert-OH is 1. The van der Waals surface area contributed by atoms with E-state index < -0.39 is 0 Å². The Morgan fingerprint density at radius 2 is 2.30 bits per heavy atom. The number of aliphatic hydroxyl groups is 1. The highest BCUT2D eigenvalue weighted by atomic mass is 16.2. The highest BCUT2D eigenvalue weighted by Gasteiger charge is 2.25. The van der Waals surface area contributed by atoms with Crippen LogP contribution in [0.3, 0.4) is 0 Å². The van der Waals surface area contributed by atoms with Crippen LogP contribution in [0.5, 0.6) is 0 Å². The molecule has 0 bridgehead atoms. The van der Waals surface area contributed by atoms with Crippen LogP contribution in [0.4, 0.5) is 0 Å². The molecule has 1 aromatic rings. The van der Waals surface area contributed by atoms with Crippen molar-refractivity contribution in [3.8, 4) is 11.8 Å². The van der Waals surface area contributed by atoms with Crippen molar-refractivity contribution < 1.29 is 9.90 Å². The Morgan fingerprint density at radius 1 is 1.50 bits per heavy atom. The maximum absolute atomic E-state index is 12.2. The van der Waals surface area contributed by atoms with Crippen molar-refractivity contribution >= 4 is 5.91 Å². The summed E-state index contributed by atoms with van der Waals surface area (Å²) in [4.78, 5) is 12.2. The molecule has 1 aliphatic carbocycles. The Hall–Kier alpha value is -1.79. The van der Waals surface area contributed by atoms with Crippen LogP contribution in [-0.4, -0.2) is 23.7 Å². The largest absolute Gasteiger partial charge is 0.395 e. The standard InChI is InChI=1S/C17H21NO2/c1-13(15-8-5-9-15)18-17(20)16-10-4-7-14(12-16)6-2-3-11-19/h4,7,10,12-13,15,19H,3,5,8-9,11H2,1H3,(H,18,20). The second kappa shape index (κ2) is 7.12. The van der Waals surface area contributed by atoms with Gasteiger partial charge in [0.15, 0.2) is 0 Å². The lowest BCUT2D eigenvalue weighted by Crippen LogP contribution is -2.40. The monoisotopic (exact) mass is 271 g/mol. The molecule has 0 heterocycles. The Labute approximate surface area is 120 Å². The van der Waals surface area contributed by atoms with Gasteiger partial charge >= 0.3 is 0 Å². The summed E-state index contributed by atoms with van der Waals surface area (Å²) in [7, 11) is 0. The van der Waals surface area contributed by atoms with Crippen LogP contribution >= 0.6 is 0 Å². The van der Waals surface area contributed by atoms with E-state index in [1.807, 2.05) is 12.1 Å². The molecule has 1 unspecified atom stereocenters. The topological polar surface area (TPSA) is 49.3 Å². The molecule has 3 nitrogen and oxygen atoms in total. The average molecular weight is 271 g/mol. The SMILES string of the molecule is CC(NC(=O)c1cccc(C#CCCO)c1)C1CCC1. The predicted molar refractivity (Wildman–Crippen MR) is 79.3 cm³/mol. The number of rotatable bonds is 4. The molecule has 2 rings (SSSR count). The van der Waals surface area contributed by atoms with Gasteiger partial charge in [0.1, 0.15) is 0 Å². The zero-order valence-electron chi connectivity index (χ0n) is 11.9. The van der Waals surface area contributed by atoms with Crippen molar-refractivity contribution in [2.24, 2.45) is 5.92 Å². The van der Waals surface area contributed by atoms with Crippen LogP contribution in [0.25, 0.3) is 0 Å². The van der Waals surface area contributed by atoms with Crippen molar-refractivity contribution in [1.29, 1.82) is 0 Å². The number of hydrogen-bond donors (Lipinski definition) is 2. The summed E-state index contributed by atoms with van der Waals surface area (Å²) >= 11 is 0. The highest BCUT2D eigenvalue weighted by molar-refractivity contribution is 5.94. The van der Waals surface area contributed by atoms with Gasteiger partial charge < -0.3 is 10.4 Å². The van der Waals surface area contributed by atoms with Crippen LogP contribution < -0.4 is 5.32 Å². The smallest absolute Gasteiger partial charge is 0.251 e. The van der Waals surface area contributed by atoms with Gasteiger partial charge in [-0.15, -0.1) is 0 Å². The molecule has 0 aliphatic heterocycles. The van der Waals surface area contributed by atoms with Crippen molar-refractivity contribution in [2.45, 2.75) is 38.6 Å². The molecule has 1 amide bonds. The quantitative estimate of drug-likeness (QED) is 0.826. The first-order valence-electron chi connectivity index (χ1n) is 7.21. The zero-order chi connectivity index (χ0) is 14.4. The van der Waals surface area contributed by atoms with Gasteiger partial charge in [-0.1, -0.05) is 24.3 Å². The minimum atomic E-state index is -0.0322. The molecule has 0 spiro atoms. The summed E-state index contributed by atoms with van der Waals surface area (Å²) in [5.41, 5.74) is 1.45. The summed E-state index contributed by atoms with van der Waals surface area (Å²) in [5.74, 6) is 6.41. The number of carbonyl (C=O) groups is 1. The Balaban J connectivity index is 1.99. The third-order valence-corrected chi connectivity index (χ3v) is 3.81. The summed E-state index contributed by atoms with van der Waals surface area (Å²) in [5, 5.41) is 11.8. The molecular weight excluding hydrogens is 250 g/mol. The van der Waals surface area contributed by atoms with Crippen LogP contribution in [-0.2, 0) is 0 Å². The molecule has 1 aliphatic rings. The van der Waals surface area contributed by atoms with Gasteiger partial charge in [0.05, 0.1) is 6.61 Å². The molecule has 0 aromatic heterocycles. The number of amides is 1. The molecule has 0 radical (unpaired) electrons. The van der Waals surface area contributed by atoms with Crippen molar-refractivity contribution in [2.75, 3.05) is 6.61 Å². The van der Waals surface area contributed by atoms with Gasteiger partial charge in [0.25, 0.3) is 5.91 Å². The van der Waals surface area contributed by atoms with E-state index in [1.165, 1.54) is 19.3 Å². The molecule has 106 valence electrons. The fourth-order valence-electron chi connectivity index (χ4n) is 2.31. The predicted octanol–water partition coefficient (Wildman–Crippen LogP) is 2.34. The maximum Gasteiger partial charge on any atom is 0.251 e. The van der Waals surface area contributed by atoms with Gasteiger partial charge in [-0.05, 0) is 43.9 Å². The molecule has 1 aromatic carbocycles. The van der Waals surface area contributed by atoms with Crippen LogP contribution in [0.1, 0.15) is 48.5 Å². The molecule has 2 N–H and O–H groups in total. The molecule has 3 heteroatoms. The number of hydrogen-bond acceptors (Lipinski definition) is 2. The van der Waals surface area contributed by atoms with Gasteiger partial charge in [0, 0.05) is 23.6 Å². The lowest BCUT2D eigenvalue weighted by atomic mass is 9.80. The van der Waals surface area contributed by atoms with E-state index in [-0.39, 0.29) is 18.6 Å². The molecule has 0 saturated heterocycles. The minimum absolute atomic E-state index is 0.0322. The average Bonchev–Trinajstić information content (AvgIpc) is 2.37. The molecule has 1 saturated carbocycles. The Bertz CT molecular complexity index is 523. The fraction of sp³-hybridized carbons (Fsp3) is 0.471. The first kappa shape index (κ1) is 14.6. The summed E-state index contributed by atoms with van der Waals surface area (Å²) in [6.07, 6.45) is 4.16. The van der Waals surface area contributed by atoms with Gasteiger partial charge in [-0.25, -0.2) is 0 Å². The zero-order valence-corrected chi connectivity index (χ0v) is 11.9.